The predicted molar refractivity (Wildman–Crippen MR) is 65.2 cm³/mol. The summed E-state index contributed by atoms with van der Waals surface area (Å²) >= 11 is 0. The molecule has 0 amide bonds. The number of nitriles is 2. The van der Waals surface area contributed by atoms with Gasteiger partial charge in [-0.3, -0.25) is 0 Å². The van der Waals surface area contributed by atoms with Crippen molar-refractivity contribution < 1.29 is 0 Å². The van der Waals surface area contributed by atoms with Crippen molar-refractivity contribution >= 4 is 5.82 Å². The van der Waals surface area contributed by atoms with Crippen LogP contribution in [-0.4, -0.2) is 10.2 Å². The molecule has 0 spiro atoms. The van der Waals surface area contributed by atoms with Crippen LogP contribution in [-0.2, 0) is 6.54 Å². The number of hydrogen-bond donors (Lipinski definition) is 1. The lowest BCUT2D eigenvalue weighted by Crippen LogP contribution is -2.04. The van der Waals surface area contributed by atoms with Crippen LogP contribution in [0.4, 0.5) is 5.82 Å². The van der Waals surface area contributed by atoms with E-state index in [0.717, 1.165) is 5.56 Å². The number of nitrogens with zero attached hydrogens (tertiary/aromatic N) is 4. The topological polar surface area (TPSA) is 85.4 Å². The van der Waals surface area contributed by atoms with Gasteiger partial charge in [-0.15, -0.1) is 5.10 Å². The Kier molecular flexibility index (Phi) is 3.48. The molecule has 86 valence electrons. The van der Waals surface area contributed by atoms with Crippen molar-refractivity contribution in [3.05, 3.63) is 53.2 Å². The molecule has 5 heteroatoms. The lowest BCUT2D eigenvalue weighted by Gasteiger charge is -2.05. The third-order valence-corrected chi connectivity index (χ3v) is 2.38. The van der Waals surface area contributed by atoms with E-state index in [1.54, 1.807) is 18.2 Å². The first-order valence-electron chi connectivity index (χ1n) is 5.28. The highest BCUT2D eigenvalue weighted by atomic mass is 15.2. The molecule has 2 rings (SSSR count). The Morgan fingerprint density at radius 1 is 1.06 bits per heavy atom. The van der Waals surface area contributed by atoms with Gasteiger partial charge in [0.1, 0.15) is 6.07 Å². The Morgan fingerprint density at radius 2 is 1.83 bits per heavy atom. The van der Waals surface area contributed by atoms with Gasteiger partial charge in [0.15, 0.2) is 5.82 Å². The average molecular weight is 235 g/mol. The molecular weight excluding hydrogens is 226 g/mol. The second-order valence-corrected chi connectivity index (χ2v) is 3.57. The molecule has 1 aromatic heterocycles. The number of benzene rings is 1. The number of nitrogens with one attached hydrogen (secondary N) is 1. The molecule has 1 N–H and O–H groups in total. The zero-order valence-corrected chi connectivity index (χ0v) is 9.46. The second-order valence-electron chi connectivity index (χ2n) is 3.57. The summed E-state index contributed by atoms with van der Waals surface area (Å²) in [5.41, 5.74) is 2.08. The normalized spacial score (nSPS) is 9.22. The molecule has 0 saturated heterocycles. The summed E-state index contributed by atoms with van der Waals surface area (Å²) in [5, 5.41) is 28.2. The lowest BCUT2D eigenvalue weighted by molar-refractivity contribution is 0.994. The highest BCUT2D eigenvalue weighted by Gasteiger charge is 2.02. The predicted octanol–water partition coefficient (Wildman–Crippen LogP) is 1.83. The molecule has 1 aromatic carbocycles. The molecule has 1 heterocycles. The second kappa shape index (κ2) is 5.42. The van der Waals surface area contributed by atoms with E-state index in [4.69, 9.17) is 10.5 Å². The fourth-order valence-electron chi connectivity index (χ4n) is 1.44. The number of aromatic nitrogens is 2. The fourth-order valence-corrected chi connectivity index (χ4v) is 1.44. The smallest absolute Gasteiger partial charge is 0.166 e. The van der Waals surface area contributed by atoms with Gasteiger partial charge in [-0.05, 0) is 23.8 Å². The third kappa shape index (κ3) is 2.60. The Morgan fingerprint density at radius 3 is 2.50 bits per heavy atom. The first kappa shape index (κ1) is 11.6. The van der Waals surface area contributed by atoms with Crippen LogP contribution in [0.25, 0.3) is 0 Å². The minimum Gasteiger partial charge on any atom is -0.363 e. The van der Waals surface area contributed by atoms with Crippen molar-refractivity contribution in [1.29, 1.82) is 10.5 Å². The minimum atomic E-state index is 0.457. The maximum absolute atomic E-state index is 8.89. The van der Waals surface area contributed by atoms with Gasteiger partial charge < -0.3 is 5.32 Å². The van der Waals surface area contributed by atoms with Crippen molar-refractivity contribution in [3.8, 4) is 12.1 Å². The van der Waals surface area contributed by atoms with Gasteiger partial charge in [0.05, 0.1) is 23.4 Å². The highest BCUT2D eigenvalue weighted by Crippen LogP contribution is 2.11. The first-order chi connectivity index (χ1) is 8.83. The summed E-state index contributed by atoms with van der Waals surface area (Å²) in [5.74, 6) is 0.462. The van der Waals surface area contributed by atoms with E-state index in [0.29, 0.717) is 23.5 Å². The van der Waals surface area contributed by atoms with Crippen LogP contribution in [0.15, 0.2) is 36.5 Å². The molecule has 0 fully saturated rings. The molecule has 0 unspecified atom stereocenters. The highest BCUT2D eigenvalue weighted by molar-refractivity contribution is 5.50. The Labute approximate surface area is 104 Å². The van der Waals surface area contributed by atoms with Crippen LogP contribution in [0.3, 0.4) is 0 Å². The zero-order chi connectivity index (χ0) is 12.8. The van der Waals surface area contributed by atoms with Crippen LogP contribution in [0.2, 0.25) is 0 Å². The molecule has 5 nitrogen and oxygen atoms in total. The van der Waals surface area contributed by atoms with Gasteiger partial charge in [-0.1, -0.05) is 12.1 Å². The molecule has 0 radical (unpaired) electrons. The SMILES string of the molecule is N#Cc1ccc(CNc2nnccc2C#N)cc1. The summed E-state index contributed by atoms with van der Waals surface area (Å²) in [6, 6.07) is 12.9. The minimum absolute atomic E-state index is 0.457. The van der Waals surface area contributed by atoms with Crippen LogP contribution >= 0.6 is 0 Å². The molecule has 2 aromatic rings. The molecule has 0 aliphatic rings. The fraction of sp³-hybridized carbons (Fsp3) is 0.0769. The van der Waals surface area contributed by atoms with Crippen LogP contribution in [0.5, 0.6) is 0 Å². The first-order valence-corrected chi connectivity index (χ1v) is 5.28. The van der Waals surface area contributed by atoms with Crippen LogP contribution < -0.4 is 5.32 Å². The summed E-state index contributed by atoms with van der Waals surface area (Å²) in [6.45, 7) is 0.527. The number of hydrogen-bond acceptors (Lipinski definition) is 5. The molecule has 18 heavy (non-hydrogen) atoms. The molecule has 0 bridgehead atoms. The molecule has 0 aliphatic carbocycles. The van der Waals surface area contributed by atoms with Gasteiger partial charge in [0.25, 0.3) is 0 Å². The van der Waals surface area contributed by atoms with Gasteiger partial charge in [0, 0.05) is 6.54 Å². The van der Waals surface area contributed by atoms with Crippen molar-refractivity contribution in [3.63, 3.8) is 0 Å². The standard InChI is InChI=1S/C13H9N5/c14-7-10-1-3-11(4-2-10)9-16-13-12(8-15)5-6-17-18-13/h1-6H,9H2,(H,16,18). The monoisotopic (exact) mass is 235 g/mol. The van der Waals surface area contributed by atoms with E-state index in [9.17, 15) is 0 Å². The summed E-state index contributed by atoms with van der Waals surface area (Å²) in [7, 11) is 0. The van der Waals surface area contributed by atoms with E-state index in [-0.39, 0.29) is 0 Å². The van der Waals surface area contributed by atoms with E-state index >= 15 is 0 Å². The van der Waals surface area contributed by atoms with Crippen molar-refractivity contribution in [1.82, 2.24) is 10.2 Å². The molecule has 0 atom stereocenters. The summed E-state index contributed by atoms with van der Waals surface area (Å²) < 4.78 is 0. The number of rotatable bonds is 3. The zero-order valence-electron chi connectivity index (χ0n) is 9.46. The Balaban J connectivity index is 2.07. The van der Waals surface area contributed by atoms with E-state index in [2.05, 4.69) is 21.6 Å². The Bertz CT molecular complexity index is 619. The average Bonchev–Trinajstić information content (AvgIpc) is 2.46. The van der Waals surface area contributed by atoms with Gasteiger partial charge in [-0.25, -0.2) is 0 Å². The number of anilines is 1. The van der Waals surface area contributed by atoms with E-state index in [1.807, 2.05) is 18.2 Å². The maximum atomic E-state index is 8.89. The van der Waals surface area contributed by atoms with Crippen molar-refractivity contribution in [2.75, 3.05) is 5.32 Å². The van der Waals surface area contributed by atoms with Crippen LogP contribution in [0, 0.1) is 22.7 Å². The maximum Gasteiger partial charge on any atom is 0.166 e. The quantitative estimate of drug-likeness (QED) is 0.877. The molecule has 0 saturated carbocycles. The van der Waals surface area contributed by atoms with Crippen molar-refractivity contribution in [2.45, 2.75) is 6.54 Å². The van der Waals surface area contributed by atoms with Gasteiger partial charge in [-0.2, -0.15) is 15.6 Å². The van der Waals surface area contributed by atoms with Crippen molar-refractivity contribution in [2.24, 2.45) is 0 Å². The van der Waals surface area contributed by atoms with Crippen LogP contribution in [0.1, 0.15) is 16.7 Å². The summed E-state index contributed by atoms with van der Waals surface area (Å²) in [4.78, 5) is 0. The largest absolute Gasteiger partial charge is 0.363 e. The molecule has 0 aliphatic heterocycles. The Hall–Kier alpha value is -2.92. The lowest BCUT2D eigenvalue weighted by atomic mass is 10.1. The van der Waals surface area contributed by atoms with E-state index in [1.165, 1.54) is 6.20 Å². The van der Waals surface area contributed by atoms with Gasteiger partial charge >= 0.3 is 0 Å². The third-order valence-electron chi connectivity index (χ3n) is 2.38. The van der Waals surface area contributed by atoms with Gasteiger partial charge in [0.2, 0.25) is 0 Å². The van der Waals surface area contributed by atoms with E-state index < -0.39 is 0 Å². The summed E-state index contributed by atoms with van der Waals surface area (Å²) in [6.07, 6.45) is 1.48. The molecular formula is C13H9N5.